The summed E-state index contributed by atoms with van der Waals surface area (Å²) in [6.45, 7) is 5.82. The fourth-order valence-corrected chi connectivity index (χ4v) is 3.91. The SMILES string of the molecule is CCOCOc1ccccc1C1C(C(=O)C(C)C)=C(O)C(=O)N1c1ccc(-c2ccon2)cc1. The van der Waals surface area contributed by atoms with Gasteiger partial charge in [0.15, 0.2) is 18.3 Å². The molecule has 1 aromatic heterocycles. The van der Waals surface area contributed by atoms with Crippen LogP contribution in [0.3, 0.4) is 0 Å². The van der Waals surface area contributed by atoms with E-state index in [0.717, 1.165) is 5.56 Å². The molecule has 4 rings (SSSR count). The summed E-state index contributed by atoms with van der Waals surface area (Å²) in [5, 5.41) is 14.8. The molecule has 0 radical (unpaired) electrons. The molecule has 34 heavy (non-hydrogen) atoms. The molecule has 0 fully saturated rings. The lowest BCUT2D eigenvalue weighted by atomic mass is 9.90. The lowest BCUT2D eigenvalue weighted by Gasteiger charge is -2.28. The van der Waals surface area contributed by atoms with E-state index in [9.17, 15) is 14.7 Å². The molecule has 2 heterocycles. The van der Waals surface area contributed by atoms with Crippen LogP contribution >= 0.6 is 0 Å². The zero-order valence-corrected chi connectivity index (χ0v) is 19.2. The average Bonchev–Trinajstić information content (AvgIpc) is 3.47. The number of ether oxygens (including phenoxy) is 2. The van der Waals surface area contributed by atoms with Crippen LogP contribution in [0.2, 0.25) is 0 Å². The van der Waals surface area contributed by atoms with Crippen molar-refractivity contribution in [2.45, 2.75) is 26.8 Å². The number of hydrogen-bond acceptors (Lipinski definition) is 7. The van der Waals surface area contributed by atoms with Crippen molar-refractivity contribution in [2.75, 3.05) is 18.3 Å². The number of carbonyl (C=O) groups is 2. The first kappa shape index (κ1) is 23.3. The van der Waals surface area contributed by atoms with Crippen molar-refractivity contribution >= 4 is 17.4 Å². The number of aliphatic hydroxyl groups excluding tert-OH is 1. The smallest absolute Gasteiger partial charge is 0.294 e. The van der Waals surface area contributed by atoms with Crippen molar-refractivity contribution in [2.24, 2.45) is 5.92 Å². The van der Waals surface area contributed by atoms with Gasteiger partial charge >= 0.3 is 0 Å². The molecule has 8 nitrogen and oxygen atoms in total. The van der Waals surface area contributed by atoms with Gasteiger partial charge in [-0.05, 0) is 25.1 Å². The van der Waals surface area contributed by atoms with Crippen LogP contribution < -0.4 is 9.64 Å². The van der Waals surface area contributed by atoms with E-state index in [4.69, 9.17) is 14.0 Å². The zero-order chi connectivity index (χ0) is 24.2. The van der Waals surface area contributed by atoms with Gasteiger partial charge in [-0.25, -0.2) is 0 Å². The summed E-state index contributed by atoms with van der Waals surface area (Å²) in [6, 6.07) is 15.1. The Labute approximate surface area is 197 Å². The Kier molecular flexibility index (Phi) is 6.79. The van der Waals surface area contributed by atoms with Gasteiger partial charge in [-0.1, -0.05) is 49.3 Å². The van der Waals surface area contributed by atoms with Crippen LogP contribution in [0, 0.1) is 5.92 Å². The second-order valence-corrected chi connectivity index (χ2v) is 8.08. The number of Topliss-reactive ketones (excluding diaryl/α,β-unsaturated/α-hetero) is 1. The number of ketones is 1. The fraction of sp³-hybridized carbons (Fsp3) is 0.269. The highest BCUT2D eigenvalue weighted by atomic mass is 16.7. The highest BCUT2D eigenvalue weighted by Gasteiger charge is 2.45. The minimum Gasteiger partial charge on any atom is -0.503 e. The molecule has 1 amide bonds. The predicted octanol–water partition coefficient (Wildman–Crippen LogP) is 4.84. The fourth-order valence-electron chi connectivity index (χ4n) is 3.91. The topological polar surface area (TPSA) is 102 Å². The van der Waals surface area contributed by atoms with Crippen molar-refractivity contribution in [1.29, 1.82) is 0 Å². The number of anilines is 1. The Bertz CT molecular complexity index is 1200. The molecule has 3 aromatic rings. The number of amides is 1. The van der Waals surface area contributed by atoms with Crippen LogP contribution in [-0.2, 0) is 14.3 Å². The van der Waals surface area contributed by atoms with Gasteiger partial charge in [0.25, 0.3) is 5.91 Å². The number of carbonyl (C=O) groups excluding carboxylic acids is 2. The lowest BCUT2D eigenvalue weighted by Crippen LogP contribution is -2.31. The van der Waals surface area contributed by atoms with Crippen LogP contribution in [-0.4, -0.2) is 35.4 Å². The van der Waals surface area contributed by atoms with Gasteiger partial charge in [0.05, 0.1) is 11.6 Å². The molecule has 1 unspecified atom stereocenters. The van der Waals surface area contributed by atoms with Gasteiger partial charge in [0, 0.05) is 35.4 Å². The number of nitrogens with zero attached hydrogens (tertiary/aromatic N) is 2. The van der Waals surface area contributed by atoms with Crippen molar-refractivity contribution in [1.82, 2.24) is 5.16 Å². The quantitative estimate of drug-likeness (QED) is 0.359. The third-order valence-electron chi connectivity index (χ3n) is 5.59. The summed E-state index contributed by atoms with van der Waals surface area (Å²) in [5.41, 5.74) is 2.59. The maximum absolute atomic E-state index is 13.3. The second-order valence-electron chi connectivity index (χ2n) is 8.08. The summed E-state index contributed by atoms with van der Waals surface area (Å²) in [7, 11) is 0. The molecule has 1 aliphatic rings. The highest BCUT2D eigenvalue weighted by molar-refractivity contribution is 6.17. The molecule has 0 bridgehead atoms. The molecule has 0 saturated carbocycles. The minimum atomic E-state index is -0.863. The Balaban J connectivity index is 1.80. The molecule has 176 valence electrons. The van der Waals surface area contributed by atoms with E-state index in [1.165, 1.54) is 11.2 Å². The van der Waals surface area contributed by atoms with E-state index in [1.54, 1.807) is 68.4 Å². The number of hydrogen-bond donors (Lipinski definition) is 1. The molecular weight excluding hydrogens is 436 g/mol. The average molecular weight is 463 g/mol. The molecule has 1 N–H and O–H groups in total. The number of aromatic nitrogens is 1. The van der Waals surface area contributed by atoms with Gasteiger partial charge in [-0.15, -0.1) is 0 Å². The monoisotopic (exact) mass is 462 g/mol. The maximum Gasteiger partial charge on any atom is 0.294 e. The minimum absolute atomic E-state index is 0.0176. The standard InChI is InChI=1S/C26H26N2O6/c1-4-32-15-33-21-8-6-5-7-19(21)23-22(24(29)16(2)3)25(30)26(31)28(23)18-11-9-17(10-12-18)20-13-14-34-27-20/h5-14,16,23,30H,4,15H2,1-3H3. The molecule has 8 heteroatoms. The van der Waals surface area contributed by atoms with Crippen molar-refractivity contribution in [3.05, 3.63) is 77.8 Å². The second kappa shape index (κ2) is 9.93. The Morgan fingerprint density at radius 2 is 1.88 bits per heavy atom. The molecule has 0 spiro atoms. The molecule has 2 aromatic carbocycles. The van der Waals surface area contributed by atoms with Crippen LogP contribution in [0.5, 0.6) is 5.75 Å². The van der Waals surface area contributed by atoms with Gasteiger partial charge in [0.1, 0.15) is 17.7 Å². The summed E-state index contributed by atoms with van der Waals surface area (Å²) in [5.74, 6) is -1.47. The van der Waals surface area contributed by atoms with Crippen LogP contribution in [0.4, 0.5) is 5.69 Å². The largest absolute Gasteiger partial charge is 0.503 e. The zero-order valence-electron chi connectivity index (χ0n) is 19.2. The third-order valence-corrected chi connectivity index (χ3v) is 5.59. The van der Waals surface area contributed by atoms with Gasteiger partial charge < -0.3 is 19.1 Å². The molecule has 1 atom stereocenters. The third kappa shape index (κ3) is 4.32. The summed E-state index contributed by atoms with van der Waals surface area (Å²) < 4.78 is 16.0. The van der Waals surface area contributed by atoms with E-state index in [2.05, 4.69) is 5.16 Å². The summed E-state index contributed by atoms with van der Waals surface area (Å²) >= 11 is 0. The van der Waals surface area contributed by atoms with Crippen LogP contribution in [0.15, 0.2) is 76.7 Å². The number of para-hydroxylation sites is 1. The van der Waals surface area contributed by atoms with E-state index in [-0.39, 0.29) is 18.1 Å². The summed E-state index contributed by atoms with van der Waals surface area (Å²) in [6.07, 6.45) is 1.48. The Morgan fingerprint density at radius 3 is 2.53 bits per heavy atom. The highest BCUT2D eigenvalue weighted by Crippen LogP contribution is 2.44. The van der Waals surface area contributed by atoms with E-state index < -0.39 is 23.6 Å². The lowest BCUT2D eigenvalue weighted by molar-refractivity contribution is -0.119. The number of rotatable bonds is 9. The van der Waals surface area contributed by atoms with Crippen LogP contribution in [0.25, 0.3) is 11.3 Å². The number of aliphatic hydroxyl groups is 1. The first-order chi connectivity index (χ1) is 16.4. The van der Waals surface area contributed by atoms with E-state index in [0.29, 0.717) is 29.3 Å². The first-order valence-corrected chi connectivity index (χ1v) is 11.0. The van der Waals surface area contributed by atoms with Gasteiger partial charge in [-0.3, -0.25) is 14.5 Å². The molecule has 1 aliphatic heterocycles. The van der Waals surface area contributed by atoms with Crippen LogP contribution in [0.1, 0.15) is 32.4 Å². The van der Waals surface area contributed by atoms with Crippen molar-refractivity contribution < 1.29 is 28.7 Å². The summed E-state index contributed by atoms with van der Waals surface area (Å²) in [4.78, 5) is 27.9. The molecular formula is C26H26N2O6. The van der Waals surface area contributed by atoms with Gasteiger partial charge in [-0.2, -0.15) is 0 Å². The Hall–Kier alpha value is -3.91. The van der Waals surface area contributed by atoms with E-state index >= 15 is 0 Å². The predicted molar refractivity (Wildman–Crippen MR) is 125 cm³/mol. The maximum atomic E-state index is 13.3. The van der Waals surface area contributed by atoms with Gasteiger partial charge in [0.2, 0.25) is 0 Å². The molecule has 0 saturated heterocycles. The Morgan fingerprint density at radius 1 is 1.15 bits per heavy atom. The first-order valence-electron chi connectivity index (χ1n) is 11.0. The number of benzene rings is 2. The van der Waals surface area contributed by atoms with Crippen molar-refractivity contribution in [3.63, 3.8) is 0 Å². The molecule has 0 aliphatic carbocycles. The van der Waals surface area contributed by atoms with E-state index in [1.807, 2.05) is 6.92 Å². The van der Waals surface area contributed by atoms with Crippen molar-refractivity contribution in [3.8, 4) is 17.0 Å². The normalized spacial score (nSPS) is 15.9.